The summed E-state index contributed by atoms with van der Waals surface area (Å²) in [5.74, 6) is 0.543. The fourth-order valence-electron chi connectivity index (χ4n) is 3.50. The lowest BCUT2D eigenvalue weighted by Gasteiger charge is -2.28. The Morgan fingerprint density at radius 1 is 0.962 bits per heavy atom. The van der Waals surface area contributed by atoms with Crippen molar-refractivity contribution in [2.75, 3.05) is 25.0 Å². The maximum atomic E-state index is 5.52. The van der Waals surface area contributed by atoms with Gasteiger partial charge < -0.3 is 10.6 Å². The smallest absolute Gasteiger partial charge is 0.170 e. The van der Waals surface area contributed by atoms with Crippen LogP contribution < -0.4 is 10.6 Å². The van der Waals surface area contributed by atoms with Gasteiger partial charge in [-0.25, -0.2) is 0 Å². The van der Waals surface area contributed by atoms with Crippen LogP contribution in [0.3, 0.4) is 0 Å². The third-order valence-corrected chi connectivity index (χ3v) is 5.30. The summed E-state index contributed by atoms with van der Waals surface area (Å²) in [5.41, 5.74) is 3.72. The van der Waals surface area contributed by atoms with E-state index in [4.69, 9.17) is 12.2 Å². The molecule has 1 aliphatic heterocycles. The van der Waals surface area contributed by atoms with Crippen LogP contribution in [0.4, 0.5) is 5.69 Å². The van der Waals surface area contributed by atoms with Gasteiger partial charge in [-0.15, -0.1) is 0 Å². The normalized spacial score (nSPS) is 15.8. The van der Waals surface area contributed by atoms with Gasteiger partial charge in [0, 0.05) is 12.2 Å². The third-order valence-electron chi connectivity index (χ3n) is 5.06. The Kier molecular flexibility index (Phi) is 6.64. The summed E-state index contributed by atoms with van der Waals surface area (Å²) in [6.45, 7) is 7.56. The van der Waals surface area contributed by atoms with Gasteiger partial charge in [-0.05, 0) is 67.3 Å². The topological polar surface area (TPSA) is 27.3 Å². The van der Waals surface area contributed by atoms with E-state index in [9.17, 15) is 0 Å². The van der Waals surface area contributed by atoms with E-state index in [1.54, 1.807) is 0 Å². The summed E-state index contributed by atoms with van der Waals surface area (Å²) in [6, 6.07) is 19.6. The van der Waals surface area contributed by atoms with Crippen LogP contribution in [0.2, 0.25) is 0 Å². The van der Waals surface area contributed by atoms with E-state index in [2.05, 4.69) is 84.0 Å². The molecular weight excluding hydrogens is 338 g/mol. The van der Waals surface area contributed by atoms with Gasteiger partial charge in [-0.2, -0.15) is 0 Å². The molecule has 1 aliphatic rings. The Morgan fingerprint density at radius 2 is 1.62 bits per heavy atom. The highest BCUT2D eigenvalue weighted by molar-refractivity contribution is 7.80. The van der Waals surface area contributed by atoms with Gasteiger partial charge in [0.1, 0.15) is 0 Å². The van der Waals surface area contributed by atoms with Crippen molar-refractivity contribution in [2.24, 2.45) is 0 Å². The molecule has 0 unspecified atom stereocenters. The van der Waals surface area contributed by atoms with Crippen LogP contribution in [-0.4, -0.2) is 29.6 Å². The molecule has 2 aromatic carbocycles. The predicted octanol–water partition coefficient (Wildman–Crippen LogP) is 4.93. The molecule has 1 fully saturated rings. The molecule has 3 rings (SSSR count). The Balaban J connectivity index is 1.58. The molecule has 3 nitrogen and oxygen atoms in total. The van der Waals surface area contributed by atoms with Crippen molar-refractivity contribution in [2.45, 2.75) is 38.6 Å². The maximum absolute atomic E-state index is 5.52. The number of likely N-dealkylation sites (tertiary alicyclic amines) is 1. The van der Waals surface area contributed by atoms with E-state index in [0.29, 0.717) is 17.1 Å². The van der Waals surface area contributed by atoms with Gasteiger partial charge in [0.15, 0.2) is 5.11 Å². The molecule has 0 aromatic heterocycles. The molecule has 138 valence electrons. The molecule has 26 heavy (non-hydrogen) atoms. The van der Waals surface area contributed by atoms with Crippen molar-refractivity contribution in [3.05, 3.63) is 65.7 Å². The fourth-order valence-corrected chi connectivity index (χ4v) is 3.70. The Bertz CT molecular complexity index is 691. The average molecular weight is 368 g/mol. The lowest BCUT2D eigenvalue weighted by Crippen LogP contribution is -2.38. The SMILES string of the molecule is CC(C)c1ccc(NC(=S)NC[C@@H](c2ccccc2)N2CCCC2)cc1. The number of hydrogen-bond donors (Lipinski definition) is 2. The minimum Gasteiger partial charge on any atom is -0.361 e. The van der Waals surface area contributed by atoms with Gasteiger partial charge in [0.05, 0.1) is 6.04 Å². The summed E-state index contributed by atoms with van der Waals surface area (Å²) in [7, 11) is 0. The van der Waals surface area contributed by atoms with Gasteiger partial charge in [-0.1, -0.05) is 56.3 Å². The first kappa shape index (κ1) is 18.9. The van der Waals surface area contributed by atoms with Gasteiger partial charge >= 0.3 is 0 Å². The van der Waals surface area contributed by atoms with Crippen LogP contribution in [0, 0.1) is 0 Å². The fraction of sp³-hybridized carbons (Fsp3) is 0.409. The van der Waals surface area contributed by atoms with E-state index >= 15 is 0 Å². The number of anilines is 1. The summed E-state index contributed by atoms with van der Waals surface area (Å²) in [4.78, 5) is 2.56. The second-order valence-corrected chi connectivity index (χ2v) is 7.69. The molecule has 4 heteroatoms. The largest absolute Gasteiger partial charge is 0.361 e. The van der Waals surface area contributed by atoms with Gasteiger partial charge in [-0.3, -0.25) is 4.90 Å². The van der Waals surface area contributed by atoms with Crippen molar-refractivity contribution >= 4 is 23.0 Å². The molecule has 1 saturated heterocycles. The lowest BCUT2D eigenvalue weighted by atomic mass is 10.0. The summed E-state index contributed by atoms with van der Waals surface area (Å²) >= 11 is 5.52. The Labute approximate surface area is 162 Å². The number of hydrogen-bond acceptors (Lipinski definition) is 2. The zero-order valence-corrected chi connectivity index (χ0v) is 16.6. The molecule has 2 N–H and O–H groups in total. The van der Waals surface area contributed by atoms with Gasteiger partial charge in [0.2, 0.25) is 0 Å². The molecule has 0 spiro atoms. The highest BCUT2D eigenvalue weighted by Crippen LogP contribution is 2.24. The van der Waals surface area contributed by atoms with E-state index in [1.165, 1.54) is 24.0 Å². The van der Waals surface area contributed by atoms with Gasteiger partial charge in [0.25, 0.3) is 0 Å². The van der Waals surface area contributed by atoms with Crippen molar-refractivity contribution < 1.29 is 0 Å². The number of rotatable bonds is 6. The lowest BCUT2D eigenvalue weighted by molar-refractivity contribution is 0.246. The molecule has 2 aromatic rings. The first-order chi connectivity index (χ1) is 12.6. The average Bonchev–Trinajstić information content (AvgIpc) is 3.17. The van der Waals surface area contributed by atoms with Crippen LogP contribution in [0.5, 0.6) is 0 Å². The zero-order valence-electron chi connectivity index (χ0n) is 15.7. The highest BCUT2D eigenvalue weighted by atomic mass is 32.1. The highest BCUT2D eigenvalue weighted by Gasteiger charge is 2.23. The Hall–Kier alpha value is -1.91. The van der Waals surface area contributed by atoms with E-state index in [1.807, 2.05) is 0 Å². The molecule has 0 saturated carbocycles. The first-order valence-corrected chi connectivity index (χ1v) is 9.98. The molecule has 0 aliphatic carbocycles. The first-order valence-electron chi connectivity index (χ1n) is 9.57. The van der Waals surface area contributed by atoms with Crippen molar-refractivity contribution in [1.82, 2.24) is 10.2 Å². The number of nitrogens with zero attached hydrogens (tertiary/aromatic N) is 1. The van der Waals surface area contributed by atoms with E-state index < -0.39 is 0 Å². The molecule has 1 heterocycles. The maximum Gasteiger partial charge on any atom is 0.170 e. The monoisotopic (exact) mass is 367 g/mol. The van der Waals surface area contributed by atoms with Crippen LogP contribution in [0.25, 0.3) is 0 Å². The second kappa shape index (κ2) is 9.15. The molecule has 0 radical (unpaired) electrons. The summed E-state index contributed by atoms with van der Waals surface area (Å²) in [6.07, 6.45) is 2.57. The van der Waals surface area contributed by atoms with Crippen LogP contribution in [-0.2, 0) is 0 Å². The van der Waals surface area contributed by atoms with Crippen LogP contribution >= 0.6 is 12.2 Å². The quantitative estimate of drug-likeness (QED) is 0.708. The summed E-state index contributed by atoms with van der Waals surface area (Å²) in [5, 5.41) is 7.41. The van der Waals surface area contributed by atoms with Crippen molar-refractivity contribution in [3.8, 4) is 0 Å². The van der Waals surface area contributed by atoms with E-state index in [0.717, 1.165) is 25.3 Å². The molecular formula is C22H29N3S. The second-order valence-electron chi connectivity index (χ2n) is 7.28. The minimum absolute atomic E-state index is 0.363. The van der Waals surface area contributed by atoms with E-state index in [-0.39, 0.29) is 0 Å². The molecule has 0 amide bonds. The number of benzene rings is 2. The minimum atomic E-state index is 0.363. The third kappa shape index (κ3) is 5.05. The van der Waals surface area contributed by atoms with Crippen molar-refractivity contribution in [3.63, 3.8) is 0 Å². The zero-order chi connectivity index (χ0) is 18.4. The molecule has 1 atom stereocenters. The Morgan fingerprint density at radius 3 is 2.23 bits per heavy atom. The standard InChI is InChI=1S/C22H29N3S/c1-17(2)18-10-12-20(13-11-18)24-22(26)23-16-21(25-14-6-7-15-25)19-8-4-3-5-9-19/h3-5,8-13,17,21H,6-7,14-16H2,1-2H3,(H2,23,24,26)/t21-/m0/s1. The number of thiocarbonyl (C=S) groups is 1. The molecule has 0 bridgehead atoms. The van der Waals surface area contributed by atoms with Crippen LogP contribution in [0.1, 0.15) is 49.8 Å². The van der Waals surface area contributed by atoms with Crippen molar-refractivity contribution in [1.29, 1.82) is 0 Å². The van der Waals surface area contributed by atoms with Crippen LogP contribution in [0.15, 0.2) is 54.6 Å². The number of nitrogens with one attached hydrogen (secondary N) is 2. The summed E-state index contributed by atoms with van der Waals surface area (Å²) < 4.78 is 0. The predicted molar refractivity (Wildman–Crippen MR) is 115 cm³/mol.